The van der Waals surface area contributed by atoms with E-state index in [4.69, 9.17) is 4.74 Å². The molecule has 1 unspecified atom stereocenters. The smallest absolute Gasteiger partial charge is 0.411 e. The second kappa shape index (κ2) is 7.36. The number of hydrogen-bond donors (Lipinski definition) is 1. The van der Waals surface area contributed by atoms with Crippen LogP contribution in [0.2, 0.25) is 0 Å². The summed E-state index contributed by atoms with van der Waals surface area (Å²) < 4.78 is 6.18. The molecule has 24 heavy (non-hydrogen) atoms. The van der Waals surface area contributed by atoms with Crippen LogP contribution in [0.3, 0.4) is 0 Å². The highest BCUT2D eigenvalue weighted by atomic mass is 79.9. The predicted molar refractivity (Wildman–Crippen MR) is 93.9 cm³/mol. The lowest BCUT2D eigenvalue weighted by molar-refractivity contribution is -0.143. The summed E-state index contributed by atoms with van der Waals surface area (Å²) in [6, 6.07) is 9.99. The van der Waals surface area contributed by atoms with Crippen molar-refractivity contribution in [1.82, 2.24) is 4.90 Å². The minimum absolute atomic E-state index is 0.0738. The van der Waals surface area contributed by atoms with Gasteiger partial charge in [0.25, 0.3) is 0 Å². The van der Waals surface area contributed by atoms with Crippen LogP contribution >= 0.6 is 27.3 Å². The number of amides is 1. The third kappa shape index (κ3) is 3.96. The summed E-state index contributed by atoms with van der Waals surface area (Å²) in [5.41, 5.74) is 0.868. The van der Waals surface area contributed by atoms with Crippen LogP contribution in [-0.4, -0.2) is 28.1 Å². The standard InChI is InChI=1S/C17H16BrNO4S/c18-12-8-14(24-10-12)15(16(20)21)19(13-6-7-13)17(22)23-9-11-4-2-1-3-5-11/h1-5,8,10,13,15H,6-7,9H2,(H,20,21). The first-order valence-corrected chi connectivity index (χ1v) is 9.19. The van der Waals surface area contributed by atoms with Crippen LogP contribution in [0.15, 0.2) is 46.3 Å². The van der Waals surface area contributed by atoms with E-state index in [1.54, 1.807) is 6.07 Å². The third-order valence-corrected chi connectivity index (χ3v) is 5.47. The summed E-state index contributed by atoms with van der Waals surface area (Å²) in [4.78, 5) is 26.3. The van der Waals surface area contributed by atoms with E-state index in [1.165, 1.54) is 16.2 Å². The van der Waals surface area contributed by atoms with Gasteiger partial charge in [0.2, 0.25) is 0 Å². The molecule has 1 atom stereocenters. The van der Waals surface area contributed by atoms with Crippen LogP contribution in [0, 0.1) is 0 Å². The number of halogens is 1. The predicted octanol–water partition coefficient (Wildman–Crippen LogP) is 4.44. The van der Waals surface area contributed by atoms with E-state index in [1.807, 2.05) is 35.7 Å². The van der Waals surface area contributed by atoms with Crippen molar-refractivity contribution in [3.05, 3.63) is 56.7 Å². The molecule has 126 valence electrons. The Labute approximate surface area is 152 Å². The maximum absolute atomic E-state index is 12.6. The average molecular weight is 410 g/mol. The van der Waals surface area contributed by atoms with E-state index in [0.717, 1.165) is 22.9 Å². The first kappa shape index (κ1) is 17.0. The first-order valence-electron chi connectivity index (χ1n) is 7.52. The molecule has 1 aromatic heterocycles. The molecule has 1 fully saturated rings. The topological polar surface area (TPSA) is 66.8 Å². The SMILES string of the molecule is O=C(O)C(c1cc(Br)cs1)N(C(=O)OCc1ccccc1)C1CC1. The minimum Gasteiger partial charge on any atom is -0.479 e. The van der Waals surface area contributed by atoms with Crippen LogP contribution < -0.4 is 0 Å². The lowest BCUT2D eigenvalue weighted by Gasteiger charge is -2.27. The Morgan fingerprint density at radius 1 is 1.33 bits per heavy atom. The number of thiophene rings is 1. The fraction of sp³-hybridized carbons (Fsp3) is 0.294. The highest BCUT2D eigenvalue weighted by Gasteiger charge is 2.43. The molecule has 2 aromatic rings. The Bertz CT molecular complexity index is 729. The number of carbonyl (C=O) groups excluding carboxylic acids is 1. The van der Waals surface area contributed by atoms with Crippen molar-refractivity contribution in [2.24, 2.45) is 0 Å². The van der Waals surface area contributed by atoms with Gasteiger partial charge in [-0.2, -0.15) is 0 Å². The molecule has 1 aliphatic rings. The molecule has 0 saturated heterocycles. The van der Waals surface area contributed by atoms with E-state index < -0.39 is 18.1 Å². The van der Waals surface area contributed by atoms with E-state index in [-0.39, 0.29) is 12.6 Å². The zero-order valence-corrected chi connectivity index (χ0v) is 15.1. The Morgan fingerprint density at radius 2 is 2.04 bits per heavy atom. The maximum Gasteiger partial charge on any atom is 0.411 e. The molecule has 1 saturated carbocycles. The molecule has 0 radical (unpaired) electrons. The lowest BCUT2D eigenvalue weighted by atomic mass is 10.2. The number of rotatable bonds is 6. The summed E-state index contributed by atoms with van der Waals surface area (Å²) in [5, 5.41) is 11.5. The second-order valence-corrected chi connectivity index (χ2v) is 7.45. The van der Waals surface area contributed by atoms with Crippen LogP contribution in [0.1, 0.15) is 29.3 Å². The summed E-state index contributed by atoms with van der Waals surface area (Å²) in [7, 11) is 0. The van der Waals surface area contributed by atoms with Crippen molar-refractivity contribution in [1.29, 1.82) is 0 Å². The highest BCUT2D eigenvalue weighted by Crippen LogP contribution is 2.38. The molecule has 5 nitrogen and oxygen atoms in total. The molecule has 3 rings (SSSR count). The highest BCUT2D eigenvalue weighted by molar-refractivity contribution is 9.10. The van der Waals surface area contributed by atoms with Crippen molar-refractivity contribution in [2.45, 2.75) is 31.5 Å². The van der Waals surface area contributed by atoms with Crippen LogP contribution in [-0.2, 0) is 16.1 Å². The van der Waals surface area contributed by atoms with Gasteiger partial charge in [-0.1, -0.05) is 30.3 Å². The van der Waals surface area contributed by atoms with Crippen molar-refractivity contribution in [3.8, 4) is 0 Å². The zero-order valence-electron chi connectivity index (χ0n) is 12.7. The van der Waals surface area contributed by atoms with Gasteiger partial charge in [0.15, 0.2) is 6.04 Å². The molecule has 1 aliphatic carbocycles. The summed E-state index contributed by atoms with van der Waals surface area (Å²) in [6.45, 7) is 0.128. The van der Waals surface area contributed by atoms with Crippen molar-refractivity contribution >= 4 is 39.3 Å². The van der Waals surface area contributed by atoms with Crippen LogP contribution in [0.4, 0.5) is 4.79 Å². The molecular formula is C17H16BrNO4S. The van der Waals surface area contributed by atoms with Gasteiger partial charge < -0.3 is 9.84 Å². The number of nitrogens with zero attached hydrogens (tertiary/aromatic N) is 1. The monoisotopic (exact) mass is 409 g/mol. The summed E-state index contributed by atoms with van der Waals surface area (Å²) in [6.07, 6.45) is 1.02. The number of benzene rings is 1. The Hall–Kier alpha value is -1.86. The molecule has 0 aliphatic heterocycles. The minimum atomic E-state index is -1.05. The van der Waals surface area contributed by atoms with Crippen LogP contribution in [0.5, 0.6) is 0 Å². The van der Waals surface area contributed by atoms with Gasteiger partial charge in [0.05, 0.1) is 0 Å². The fourth-order valence-electron chi connectivity index (χ4n) is 2.46. The number of ether oxygens (including phenoxy) is 1. The quantitative estimate of drug-likeness (QED) is 0.765. The molecule has 0 bridgehead atoms. The Balaban J connectivity index is 1.77. The van der Waals surface area contributed by atoms with Crippen molar-refractivity contribution in [2.75, 3.05) is 0 Å². The van der Waals surface area contributed by atoms with Gasteiger partial charge in [-0.3, -0.25) is 4.90 Å². The summed E-state index contributed by atoms with van der Waals surface area (Å²) >= 11 is 4.65. The second-order valence-electron chi connectivity index (χ2n) is 5.59. The number of hydrogen-bond acceptors (Lipinski definition) is 4. The van der Waals surface area contributed by atoms with Gasteiger partial charge in [0.1, 0.15) is 6.61 Å². The van der Waals surface area contributed by atoms with E-state index in [2.05, 4.69) is 15.9 Å². The first-order chi connectivity index (χ1) is 11.6. The molecule has 1 heterocycles. The van der Waals surface area contributed by atoms with Crippen molar-refractivity contribution in [3.63, 3.8) is 0 Å². The average Bonchev–Trinajstić information content (AvgIpc) is 3.32. The maximum atomic E-state index is 12.6. The van der Waals surface area contributed by atoms with Gasteiger partial charge in [-0.25, -0.2) is 9.59 Å². The van der Waals surface area contributed by atoms with Gasteiger partial charge in [0, 0.05) is 20.8 Å². The number of carboxylic acid groups (broad SMARTS) is 1. The number of carbonyl (C=O) groups is 2. The largest absolute Gasteiger partial charge is 0.479 e. The zero-order chi connectivity index (χ0) is 17.1. The third-order valence-electron chi connectivity index (χ3n) is 3.73. The molecule has 1 amide bonds. The Kier molecular flexibility index (Phi) is 5.20. The van der Waals surface area contributed by atoms with Gasteiger partial charge in [-0.15, -0.1) is 11.3 Å². The normalized spacial score (nSPS) is 14.9. The lowest BCUT2D eigenvalue weighted by Crippen LogP contribution is -2.40. The molecule has 7 heteroatoms. The van der Waals surface area contributed by atoms with Gasteiger partial charge >= 0.3 is 12.1 Å². The number of carboxylic acids is 1. The summed E-state index contributed by atoms with van der Waals surface area (Å²) in [5.74, 6) is -1.05. The molecular weight excluding hydrogens is 394 g/mol. The van der Waals surface area contributed by atoms with E-state index in [9.17, 15) is 14.7 Å². The van der Waals surface area contributed by atoms with Crippen LogP contribution in [0.25, 0.3) is 0 Å². The van der Waals surface area contributed by atoms with Gasteiger partial charge in [-0.05, 0) is 40.4 Å². The van der Waals surface area contributed by atoms with E-state index >= 15 is 0 Å². The molecule has 1 N–H and O–H groups in total. The van der Waals surface area contributed by atoms with Crippen molar-refractivity contribution < 1.29 is 19.4 Å². The molecule has 1 aromatic carbocycles. The fourth-order valence-corrected chi connectivity index (χ4v) is 3.99. The Morgan fingerprint density at radius 3 is 2.58 bits per heavy atom. The molecule has 0 spiro atoms. The van der Waals surface area contributed by atoms with E-state index in [0.29, 0.717) is 4.88 Å². The number of aliphatic carboxylic acids is 1.